The maximum atomic E-state index is 11.7. The normalized spacial score (nSPS) is 46.2. The minimum atomic E-state index is -1.81. The molecule has 53 heavy (non-hydrogen) atoms. The summed E-state index contributed by atoms with van der Waals surface area (Å²) in [6.07, 6.45) is -22.4. The summed E-state index contributed by atoms with van der Waals surface area (Å²) < 4.78 is 46.0. The third-order valence-electron chi connectivity index (χ3n) is 9.53. The van der Waals surface area contributed by atoms with Gasteiger partial charge in [-0.2, -0.15) is 0 Å². The molecule has 0 spiro atoms. The van der Waals surface area contributed by atoms with E-state index in [1.54, 1.807) is 6.92 Å². The molecule has 1 amide bonds. The number of methoxy groups -OCH3 is 1. The number of carbonyl (C=O) groups excluding carboxylic acids is 1. The van der Waals surface area contributed by atoms with Gasteiger partial charge in [-0.3, -0.25) is 4.79 Å². The largest absolute Gasteiger partial charge is 0.668 e. The molecule has 0 aromatic rings. The van der Waals surface area contributed by atoms with Crippen molar-refractivity contribution in [1.82, 2.24) is 5.32 Å². The van der Waals surface area contributed by atoms with Gasteiger partial charge < -0.3 is 107 Å². The topological polar surface area (TPSA) is 379 Å². The van der Waals surface area contributed by atoms with E-state index < -0.39 is 161 Å². The summed E-state index contributed by atoms with van der Waals surface area (Å²) in [5.74, 6) is -1.02. The van der Waals surface area contributed by atoms with Crippen molar-refractivity contribution in [3.63, 3.8) is 0 Å². The number of nitrogens with two attached hydrogens (primary N) is 3. The number of rotatable bonds is 13. The number of ether oxygens (including phenoxy) is 8. The molecule has 0 aromatic carbocycles. The molecule has 4 aliphatic rings. The standard InChI is InChI=1S/C29H53N6O17.Y/c1-8-16(34-9(2)40)20(43)24(11(5-37)46-8)50-27-15(31)19(42)23(12(6-38)48-27)52-28-17(35-29(32)33)21(44)25(13(7-39)49-28)51-26-14(30)18(41)22(45-3)10(4-36)47-26;/h8,10-28,31,36-39,41-44H,4-7,30H2,1-3H3,(H,34,40)(H4,32,33,35);/q-1;. The van der Waals surface area contributed by atoms with Crippen molar-refractivity contribution in [3.05, 3.63) is 5.73 Å². The number of aliphatic hydroxyl groups excluding tert-OH is 8. The molecule has 20 atom stereocenters. The van der Waals surface area contributed by atoms with Crippen molar-refractivity contribution in [1.29, 1.82) is 0 Å². The van der Waals surface area contributed by atoms with Crippen LogP contribution in [0.3, 0.4) is 0 Å². The minimum Gasteiger partial charge on any atom is -0.668 e. The van der Waals surface area contributed by atoms with Crippen LogP contribution < -0.4 is 22.5 Å². The van der Waals surface area contributed by atoms with Gasteiger partial charge in [0.2, 0.25) is 5.91 Å². The van der Waals surface area contributed by atoms with Crippen LogP contribution in [0.4, 0.5) is 0 Å². The molecule has 23 nitrogen and oxygen atoms in total. The molecule has 16 N–H and O–H groups in total. The summed E-state index contributed by atoms with van der Waals surface area (Å²) in [7, 11) is 1.29. The number of nitrogens with zero attached hydrogens (tertiary/aromatic N) is 1. The molecule has 0 aromatic heterocycles. The number of hydrogen-bond donors (Lipinski definition) is 12. The number of aliphatic hydroxyl groups is 8. The number of guanidine groups is 1. The Morgan fingerprint density at radius 2 is 1.19 bits per heavy atom. The minimum absolute atomic E-state index is 0. The zero-order valence-electron chi connectivity index (χ0n) is 29.4. The fourth-order valence-electron chi connectivity index (χ4n) is 6.85. The van der Waals surface area contributed by atoms with Gasteiger partial charge in [0.15, 0.2) is 18.5 Å². The summed E-state index contributed by atoms with van der Waals surface area (Å²) in [6, 6.07) is -5.46. The Labute approximate surface area is 330 Å². The van der Waals surface area contributed by atoms with Crippen molar-refractivity contribution in [2.75, 3.05) is 33.5 Å². The third kappa shape index (κ3) is 10.4. The van der Waals surface area contributed by atoms with E-state index in [9.17, 15) is 45.6 Å². The van der Waals surface area contributed by atoms with E-state index in [0.29, 0.717) is 0 Å². The van der Waals surface area contributed by atoms with E-state index in [-0.39, 0.29) is 32.7 Å². The monoisotopic (exact) mass is 846 g/mol. The number of aliphatic imine (C=N–C) groups is 1. The van der Waals surface area contributed by atoms with Crippen LogP contribution in [0.15, 0.2) is 4.99 Å². The van der Waals surface area contributed by atoms with Crippen LogP contribution in [0.1, 0.15) is 13.8 Å². The Bertz CT molecular complexity index is 1180. The van der Waals surface area contributed by atoms with Crippen LogP contribution in [-0.2, 0) is 75.4 Å². The number of amides is 1. The first-order chi connectivity index (χ1) is 24.6. The van der Waals surface area contributed by atoms with Crippen LogP contribution in [0.5, 0.6) is 0 Å². The molecule has 305 valence electrons. The Morgan fingerprint density at radius 3 is 1.72 bits per heavy atom. The Balaban J connectivity index is 0.00000756. The van der Waals surface area contributed by atoms with E-state index in [1.807, 2.05) is 0 Å². The Hall–Kier alpha value is -0.876. The summed E-state index contributed by atoms with van der Waals surface area (Å²) in [5.41, 5.74) is 26.1. The summed E-state index contributed by atoms with van der Waals surface area (Å²) in [4.78, 5) is 15.7. The molecule has 4 heterocycles. The zero-order valence-corrected chi connectivity index (χ0v) is 32.2. The second-order valence-electron chi connectivity index (χ2n) is 13.1. The Kier molecular flexibility index (Phi) is 18.0. The van der Waals surface area contributed by atoms with Crippen LogP contribution in [0.2, 0.25) is 0 Å². The van der Waals surface area contributed by atoms with E-state index in [4.69, 9.17) is 60.8 Å². The number of hydrogen-bond acceptors (Lipinski definition) is 19. The molecule has 4 aliphatic heterocycles. The second-order valence-corrected chi connectivity index (χ2v) is 13.1. The fourth-order valence-corrected chi connectivity index (χ4v) is 6.85. The summed E-state index contributed by atoms with van der Waals surface area (Å²) in [6.45, 7) is -0.0215. The first-order valence-electron chi connectivity index (χ1n) is 16.7. The average Bonchev–Trinajstić information content (AvgIpc) is 3.10. The van der Waals surface area contributed by atoms with Gasteiger partial charge in [0, 0.05) is 46.7 Å². The average molecular weight is 847 g/mol. The van der Waals surface area contributed by atoms with Gasteiger partial charge >= 0.3 is 0 Å². The van der Waals surface area contributed by atoms with Crippen LogP contribution in [0.25, 0.3) is 5.73 Å². The van der Waals surface area contributed by atoms with E-state index in [2.05, 4.69) is 10.3 Å². The molecule has 0 bridgehead atoms. The zero-order chi connectivity index (χ0) is 38.6. The van der Waals surface area contributed by atoms with Gasteiger partial charge in [-0.15, -0.1) is 0 Å². The molecular weight excluding hydrogens is 793 g/mol. The summed E-state index contributed by atoms with van der Waals surface area (Å²) in [5, 5.41) is 87.3. The maximum absolute atomic E-state index is 11.7. The molecule has 1 radical (unpaired) electrons. The van der Waals surface area contributed by atoms with Crippen molar-refractivity contribution >= 4 is 11.9 Å². The van der Waals surface area contributed by atoms with Crippen LogP contribution in [-0.4, -0.2) is 209 Å². The first-order valence-corrected chi connectivity index (χ1v) is 16.7. The van der Waals surface area contributed by atoms with Gasteiger partial charge in [0.25, 0.3) is 0 Å². The molecule has 4 saturated heterocycles. The first kappa shape index (κ1) is 46.5. The van der Waals surface area contributed by atoms with Gasteiger partial charge in [0.1, 0.15) is 79.5 Å². The van der Waals surface area contributed by atoms with E-state index in [1.165, 1.54) is 14.0 Å². The van der Waals surface area contributed by atoms with Gasteiger partial charge in [-0.25, -0.2) is 4.99 Å². The van der Waals surface area contributed by atoms with Crippen LogP contribution >= 0.6 is 0 Å². The predicted octanol–water partition coefficient (Wildman–Crippen LogP) is -7.58. The van der Waals surface area contributed by atoms with Gasteiger partial charge in [-0.05, 0) is 6.92 Å². The van der Waals surface area contributed by atoms with Crippen LogP contribution in [0, 0.1) is 0 Å². The number of carbonyl (C=O) groups is 1. The predicted molar refractivity (Wildman–Crippen MR) is 171 cm³/mol. The van der Waals surface area contributed by atoms with Gasteiger partial charge in [-0.1, -0.05) is 6.04 Å². The second kappa shape index (κ2) is 20.5. The number of nitrogens with one attached hydrogen (secondary N) is 2. The molecular formula is C29H53N6O17Y-. The van der Waals surface area contributed by atoms with E-state index >= 15 is 0 Å². The van der Waals surface area contributed by atoms with Gasteiger partial charge in [0.05, 0.1) is 50.7 Å². The van der Waals surface area contributed by atoms with Crippen molar-refractivity contribution in [3.8, 4) is 0 Å². The molecule has 4 fully saturated rings. The molecule has 20 unspecified atom stereocenters. The maximum Gasteiger partial charge on any atom is 0.217 e. The summed E-state index contributed by atoms with van der Waals surface area (Å²) >= 11 is 0. The quantitative estimate of drug-likeness (QED) is 0.0605. The third-order valence-corrected chi connectivity index (χ3v) is 9.53. The molecule has 0 saturated carbocycles. The van der Waals surface area contributed by atoms with Crippen molar-refractivity contribution in [2.24, 2.45) is 22.2 Å². The smallest absolute Gasteiger partial charge is 0.217 e. The van der Waals surface area contributed by atoms with Crippen molar-refractivity contribution in [2.45, 2.75) is 136 Å². The Morgan fingerprint density at radius 1 is 0.736 bits per heavy atom. The molecule has 24 heteroatoms. The van der Waals surface area contributed by atoms with E-state index in [0.717, 1.165) is 0 Å². The molecule has 4 rings (SSSR count). The fraction of sp³-hybridized carbons (Fsp3) is 0.931. The van der Waals surface area contributed by atoms with Crippen molar-refractivity contribution < 1.29 is 116 Å². The SMILES string of the molecule is COC1C(CO)OC(OC2C(CO)OC(OC3C(CO)OC(OC4C(CO)OC(C)C(NC(C)=O)C4O)C([NH-])C3O)C(N=C(N)N)C2O)C(N)C1O.[Y]. The molecule has 0 aliphatic carbocycles.